The highest BCUT2D eigenvalue weighted by molar-refractivity contribution is 5.99. The number of aromatic nitrogens is 1. The molecule has 0 saturated heterocycles. The van der Waals surface area contributed by atoms with Crippen LogP contribution < -0.4 is 0 Å². The summed E-state index contributed by atoms with van der Waals surface area (Å²) in [6.45, 7) is 7.59. The number of carbonyl (C=O) groups excluding carboxylic acids is 2. The average molecular weight is 376 g/mol. The van der Waals surface area contributed by atoms with Crippen molar-refractivity contribution < 1.29 is 18.8 Å². The van der Waals surface area contributed by atoms with E-state index < -0.39 is 5.97 Å². The van der Waals surface area contributed by atoms with Crippen molar-refractivity contribution in [1.82, 2.24) is 10.1 Å². The summed E-state index contributed by atoms with van der Waals surface area (Å²) in [7, 11) is 0. The van der Waals surface area contributed by atoms with Crippen molar-refractivity contribution in [2.45, 2.75) is 0 Å². The Labute approximate surface area is 162 Å². The maximum absolute atomic E-state index is 12.4. The number of nitrogens with zero attached hydrogens (tertiary/aromatic N) is 2. The number of hydrogen-bond donors (Lipinski definition) is 0. The number of carbonyl (C=O) groups is 2. The fourth-order valence-electron chi connectivity index (χ4n) is 2.76. The van der Waals surface area contributed by atoms with Crippen LogP contribution in [0, 0.1) is 0 Å². The van der Waals surface area contributed by atoms with Crippen LogP contribution in [0.3, 0.4) is 0 Å². The summed E-state index contributed by atoms with van der Waals surface area (Å²) in [4.78, 5) is 26.1. The van der Waals surface area contributed by atoms with Gasteiger partial charge in [-0.2, -0.15) is 0 Å². The zero-order chi connectivity index (χ0) is 19.9. The molecule has 1 amide bonds. The Morgan fingerprint density at radius 3 is 2.46 bits per heavy atom. The van der Waals surface area contributed by atoms with Crippen LogP contribution in [0.15, 0.2) is 78.4 Å². The third-order valence-electron chi connectivity index (χ3n) is 4.13. The molecule has 0 N–H and O–H groups in total. The van der Waals surface area contributed by atoms with E-state index in [1.807, 2.05) is 30.3 Å². The molecular weight excluding hydrogens is 356 g/mol. The Morgan fingerprint density at radius 1 is 1.07 bits per heavy atom. The summed E-state index contributed by atoms with van der Waals surface area (Å²) in [5.41, 5.74) is 1.81. The summed E-state index contributed by atoms with van der Waals surface area (Å²) < 4.78 is 10.6. The van der Waals surface area contributed by atoms with Gasteiger partial charge in [0.2, 0.25) is 0 Å². The van der Waals surface area contributed by atoms with Gasteiger partial charge < -0.3 is 14.2 Å². The predicted molar refractivity (Wildman–Crippen MR) is 107 cm³/mol. The van der Waals surface area contributed by atoms with Gasteiger partial charge >= 0.3 is 5.97 Å². The molecule has 0 radical (unpaired) electrons. The number of rotatable bonds is 8. The molecule has 1 aromatic heterocycles. The van der Waals surface area contributed by atoms with Gasteiger partial charge in [0.05, 0.1) is 10.9 Å². The quantitative estimate of drug-likeness (QED) is 0.441. The number of benzene rings is 2. The summed E-state index contributed by atoms with van der Waals surface area (Å²) in [6.07, 6.45) is 3.21. The van der Waals surface area contributed by atoms with E-state index in [2.05, 4.69) is 18.3 Å². The molecule has 0 saturated carbocycles. The highest BCUT2D eigenvalue weighted by Gasteiger charge is 2.17. The molecule has 0 fully saturated rings. The van der Waals surface area contributed by atoms with Crippen molar-refractivity contribution in [2.75, 3.05) is 19.7 Å². The van der Waals surface area contributed by atoms with Gasteiger partial charge in [-0.05, 0) is 18.2 Å². The molecule has 6 heteroatoms. The van der Waals surface area contributed by atoms with Crippen molar-refractivity contribution in [2.24, 2.45) is 0 Å². The largest absolute Gasteiger partial charge is 0.452 e. The second-order valence-electron chi connectivity index (χ2n) is 6.06. The monoisotopic (exact) mass is 376 g/mol. The lowest BCUT2D eigenvalue weighted by Crippen LogP contribution is -2.35. The maximum atomic E-state index is 12.4. The molecule has 6 nitrogen and oxygen atoms in total. The Kier molecular flexibility index (Phi) is 6.01. The minimum atomic E-state index is -0.590. The van der Waals surface area contributed by atoms with Crippen molar-refractivity contribution in [3.05, 3.63) is 79.4 Å². The van der Waals surface area contributed by atoms with Gasteiger partial charge in [-0.25, -0.2) is 4.79 Å². The summed E-state index contributed by atoms with van der Waals surface area (Å²) in [6, 6.07) is 14.4. The van der Waals surface area contributed by atoms with Gasteiger partial charge in [0.1, 0.15) is 5.52 Å². The standard InChI is InChI=1S/C22H20N2O4/c1-3-12-24(13-4-2)20(25)15-27-22(26)17-10-11-19-18(14-17)21(28-23-19)16-8-6-5-7-9-16/h3-11,14H,1-2,12-13,15H2. The molecule has 142 valence electrons. The molecule has 1 heterocycles. The first kappa shape index (κ1) is 19.1. The average Bonchev–Trinajstić information content (AvgIpc) is 3.15. The molecule has 3 aromatic rings. The first-order valence-corrected chi connectivity index (χ1v) is 8.75. The highest BCUT2D eigenvalue weighted by atomic mass is 16.5. The van der Waals surface area contributed by atoms with Crippen LogP contribution in [0.5, 0.6) is 0 Å². The predicted octanol–water partition coefficient (Wildman–Crippen LogP) is 3.85. The molecule has 3 rings (SSSR count). The Bertz CT molecular complexity index is 998. The van der Waals surface area contributed by atoms with Crippen LogP contribution in [0.2, 0.25) is 0 Å². The molecule has 0 aliphatic heterocycles. The number of hydrogen-bond acceptors (Lipinski definition) is 5. The molecule has 0 atom stereocenters. The van der Waals surface area contributed by atoms with Gasteiger partial charge in [-0.3, -0.25) is 4.79 Å². The fourth-order valence-corrected chi connectivity index (χ4v) is 2.76. The maximum Gasteiger partial charge on any atom is 0.338 e. The Morgan fingerprint density at radius 2 is 1.79 bits per heavy atom. The highest BCUT2D eigenvalue weighted by Crippen LogP contribution is 2.29. The van der Waals surface area contributed by atoms with Gasteiger partial charge in [-0.15, -0.1) is 13.2 Å². The van der Waals surface area contributed by atoms with Crippen LogP contribution in [0.25, 0.3) is 22.2 Å². The van der Waals surface area contributed by atoms with Crippen molar-refractivity contribution >= 4 is 22.8 Å². The van der Waals surface area contributed by atoms with E-state index in [-0.39, 0.29) is 12.5 Å². The minimum absolute atomic E-state index is 0.316. The molecular formula is C22H20N2O4. The zero-order valence-corrected chi connectivity index (χ0v) is 15.3. The van der Waals surface area contributed by atoms with Gasteiger partial charge in [0.15, 0.2) is 12.4 Å². The van der Waals surface area contributed by atoms with Crippen LogP contribution in [-0.4, -0.2) is 41.6 Å². The van der Waals surface area contributed by atoms with Crippen LogP contribution >= 0.6 is 0 Å². The van der Waals surface area contributed by atoms with Crippen LogP contribution in [0.4, 0.5) is 0 Å². The third-order valence-corrected chi connectivity index (χ3v) is 4.13. The van der Waals surface area contributed by atoms with E-state index in [0.29, 0.717) is 35.3 Å². The lowest BCUT2D eigenvalue weighted by molar-refractivity contribution is -0.133. The molecule has 28 heavy (non-hydrogen) atoms. The van der Waals surface area contributed by atoms with E-state index in [1.165, 1.54) is 4.90 Å². The van der Waals surface area contributed by atoms with Crippen molar-refractivity contribution in [3.63, 3.8) is 0 Å². The SMILES string of the molecule is C=CCN(CC=C)C(=O)COC(=O)c1ccc2noc(-c3ccccc3)c2c1. The van der Waals surface area contributed by atoms with E-state index in [0.717, 1.165) is 5.56 Å². The fraction of sp³-hybridized carbons (Fsp3) is 0.136. The lowest BCUT2D eigenvalue weighted by Gasteiger charge is -2.18. The molecule has 0 bridgehead atoms. The number of ether oxygens (including phenoxy) is 1. The Balaban J connectivity index is 1.76. The number of amides is 1. The van der Waals surface area contributed by atoms with Crippen molar-refractivity contribution in [3.8, 4) is 11.3 Å². The third kappa shape index (κ3) is 4.17. The normalized spacial score (nSPS) is 10.4. The van der Waals surface area contributed by atoms with Gasteiger partial charge in [0.25, 0.3) is 5.91 Å². The first-order chi connectivity index (χ1) is 13.6. The van der Waals surface area contributed by atoms with E-state index in [9.17, 15) is 9.59 Å². The molecule has 0 aliphatic carbocycles. The number of esters is 1. The van der Waals surface area contributed by atoms with E-state index >= 15 is 0 Å². The second kappa shape index (κ2) is 8.81. The topological polar surface area (TPSA) is 72.6 Å². The van der Waals surface area contributed by atoms with Crippen LogP contribution in [-0.2, 0) is 9.53 Å². The lowest BCUT2D eigenvalue weighted by atomic mass is 10.1. The molecule has 0 unspecified atom stereocenters. The molecule has 2 aromatic carbocycles. The smallest absolute Gasteiger partial charge is 0.338 e. The second-order valence-corrected chi connectivity index (χ2v) is 6.06. The molecule has 0 spiro atoms. The Hall–Kier alpha value is -3.67. The summed E-state index contributed by atoms with van der Waals surface area (Å²) >= 11 is 0. The van der Waals surface area contributed by atoms with E-state index in [1.54, 1.807) is 30.4 Å². The summed E-state index contributed by atoms with van der Waals surface area (Å²) in [5, 5.41) is 4.73. The van der Waals surface area contributed by atoms with Gasteiger partial charge in [-0.1, -0.05) is 47.6 Å². The zero-order valence-electron chi connectivity index (χ0n) is 15.3. The summed E-state index contributed by atoms with van der Waals surface area (Å²) in [5.74, 6) is -0.332. The van der Waals surface area contributed by atoms with E-state index in [4.69, 9.17) is 9.26 Å². The minimum Gasteiger partial charge on any atom is -0.452 e. The molecule has 0 aliphatic rings. The first-order valence-electron chi connectivity index (χ1n) is 8.75. The van der Waals surface area contributed by atoms with Gasteiger partial charge in [0, 0.05) is 18.7 Å². The van der Waals surface area contributed by atoms with Crippen molar-refractivity contribution in [1.29, 1.82) is 0 Å². The number of fused-ring (bicyclic) bond motifs is 1. The van der Waals surface area contributed by atoms with Crippen LogP contribution in [0.1, 0.15) is 10.4 Å².